The second-order valence-electron chi connectivity index (χ2n) is 8.21. The monoisotopic (exact) mass is 437 g/mol. The average Bonchev–Trinajstić information content (AvgIpc) is 2.71. The van der Waals surface area contributed by atoms with Gasteiger partial charge in [-0.15, -0.1) is 0 Å². The Labute approximate surface area is 185 Å². The minimum atomic E-state index is -0.548. The van der Waals surface area contributed by atoms with E-state index < -0.39 is 5.41 Å². The number of hydrogen-bond donors (Lipinski definition) is 2. The highest BCUT2D eigenvalue weighted by Gasteiger charge is 2.21. The van der Waals surface area contributed by atoms with Crippen molar-refractivity contribution in [3.8, 4) is 0 Å². The maximum atomic E-state index is 12.7. The summed E-state index contributed by atoms with van der Waals surface area (Å²) in [5.41, 5.74) is 1.45. The number of benzene rings is 2. The van der Waals surface area contributed by atoms with Gasteiger partial charge in [0.1, 0.15) is 0 Å². The van der Waals surface area contributed by atoms with Crippen LogP contribution in [-0.4, -0.2) is 16.4 Å². The summed E-state index contributed by atoms with van der Waals surface area (Å²) in [7, 11) is 0. The van der Waals surface area contributed by atoms with Crippen molar-refractivity contribution in [1.29, 1.82) is 0 Å². The zero-order valence-corrected chi connectivity index (χ0v) is 18.4. The van der Waals surface area contributed by atoms with Crippen molar-refractivity contribution in [2.75, 3.05) is 10.6 Å². The average molecular weight is 438 g/mol. The van der Waals surface area contributed by atoms with Crippen molar-refractivity contribution in [3.05, 3.63) is 93.4 Å². The van der Waals surface area contributed by atoms with E-state index in [1.165, 1.54) is 10.6 Å². The van der Waals surface area contributed by atoms with E-state index in [-0.39, 0.29) is 23.9 Å². The number of carbonyl (C=O) groups excluding carboxylic acids is 2. The van der Waals surface area contributed by atoms with Gasteiger partial charge in [-0.3, -0.25) is 14.4 Å². The topological polar surface area (TPSA) is 80.2 Å². The standard InChI is InChI=1S/C24H24ClN3O3/c1-24(2,3)23(31)27-18-9-6-8-16(13-18)22(30)26-19-11-12-21(29)28(15-19)14-17-7-4-5-10-20(17)25/h4-13,15H,14H2,1-3H3,(H,26,30)(H,27,31). The predicted molar refractivity (Wildman–Crippen MR) is 124 cm³/mol. The Hall–Kier alpha value is -3.38. The zero-order valence-electron chi connectivity index (χ0n) is 17.6. The number of carbonyl (C=O) groups is 2. The van der Waals surface area contributed by atoms with Crippen LogP contribution in [0.4, 0.5) is 11.4 Å². The maximum absolute atomic E-state index is 12.7. The number of hydrogen-bond acceptors (Lipinski definition) is 3. The largest absolute Gasteiger partial charge is 0.326 e. The lowest BCUT2D eigenvalue weighted by Gasteiger charge is -2.18. The van der Waals surface area contributed by atoms with Crippen molar-refractivity contribution >= 4 is 34.8 Å². The van der Waals surface area contributed by atoms with Gasteiger partial charge in [0.05, 0.1) is 12.2 Å². The Kier molecular flexibility index (Phi) is 6.61. The summed E-state index contributed by atoms with van der Waals surface area (Å²) in [6.45, 7) is 5.74. The number of nitrogens with one attached hydrogen (secondary N) is 2. The van der Waals surface area contributed by atoms with Gasteiger partial charge in [-0.2, -0.15) is 0 Å². The summed E-state index contributed by atoms with van der Waals surface area (Å²) in [6.07, 6.45) is 1.58. The minimum absolute atomic E-state index is 0.142. The first-order valence-corrected chi connectivity index (χ1v) is 10.2. The highest BCUT2D eigenvalue weighted by atomic mass is 35.5. The van der Waals surface area contributed by atoms with E-state index in [4.69, 9.17) is 11.6 Å². The smallest absolute Gasteiger partial charge is 0.255 e. The molecular formula is C24H24ClN3O3. The van der Waals surface area contributed by atoms with Gasteiger partial charge in [-0.1, -0.05) is 56.6 Å². The Balaban J connectivity index is 1.76. The van der Waals surface area contributed by atoms with E-state index in [2.05, 4.69) is 10.6 Å². The van der Waals surface area contributed by atoms with Gasteiger partial charge in [0, 0.05) is 34.0 Å². The number of pyridine rings is 1. The van der Waals surface area contributed by atoms with Gasteiger partial charge in [0.25, 0.3) is 11.5 Å². The maximum Gasteiger partial charge on any atom is 0.255 e. The molecule has 0 aliphatic carbocycles. The molecule has 0 radical (unpaired) electrons. The summed E-state index contributed by atoms with van der Waals surface area (Å²) in [5.74, 6) is -0.494. The molecule has 2 aromatic carbocycles. The second-order valence-corrected chi connectivity index (χ2v) is 8.62. The summed E-state index contributed by atoms with van der Waals surface area (Å²) in [5, 5.41) is 6.17. The molecule has 0 spiro atoms. The SMILES string of the molecule is CC(C)(C)C(=O)Nc1cccc(C(=O)Nc2ccc(=O)n(Cc3ccccc3Cl)c2)c1. The van der Waals surface area contributed by atoms with Crippen LogP contribution in [0, 0.1) is 5.41 Å². The highest BCUT2D eigenvalue weighted by Crippen LogP contribution is 2.19. The summed E-state index contributed by atoms with van der Waals surface area (Å²) < 4.78 is 1.48. The molecule has 7 heteroatoms. The number of nitrogens with zero attached hydrogens (tertiary/aromatic N) is 1. The molecule has 0 saturated carbocycles. The van der Waals surface area contributed by atoms with Crippen molar-refractivity contribution in [2.24, 2.45) is 5.41 Å². The van der Waals surface area contributed by atoms with Crippen LogP contribution in [0.25, 0.3) is 0 Å². The van der Waals surface area contributed by atoms with Gasteiger partial charge in [-0.05, 0) is 35.9 Å². The van der Waals surface area contributed by atoms with Crippen LogP contribution in [0.3, 0.4) is 0 Å². The normalized spacial score (nSPS) is 11.1. The van der Waals surface area contributed by atoms with Crippen LogP contribution in [-0.2, 0) is 11.3 Å². The van der Waals surface area contributed by atoms with Gasteiger partial charge >= 0.3 is 0 Å². The second kappa shape index (κ2) is 9.18. The van der Waals surface area contributed by atoms with Crippen LogP contribution in [0.15, 0.2) is 71.7 Å². The minimum Gasteiger partial charge on any atom is -0.326 e. The lowest BCUT2D eigenvalue weighted by molar-refractivity contribution is -0.123. The van der Waals surface area contributed by atoms with E-state index in [0.717, 1.165) is 5.56 Å². The molecule has 2 N–H and O–H groups in total. The number of rotatable bonds is 5. The number of aromatic nitrogens is 1. The lowest BCUT2D eigenvalue weighted by atomic mass is 9.95. The predicted octanol–water partition coefficient (Wildman–Crippen LogP) is 4.79. The molecule has 0 unspecified atom stereocenters. The molecule has 3 rings (SSSR count). The highest BCUT2D eigenvalue weighted by molar-refractivity contribution is 6.31. The van der Waals surface area contributed by atoms with Crippen LogP contribution in [0.1, 0.15) is 36.7 Å². The first-order chi connectivity index (χ1) is 14.6. The van der Waals surface area contributed by atoms with Crippen molar-refractivity contribution in [3.63, 3.8) is 0 Å². The molecule has 3 aromatic rings. The molecule has 0 bridgehead atoms. The molecule has 1 aromatic heterocycles. The molecule has 0 saturated heterocycles. The molecule has 0 aliphatic rings. The molecule has 31 heavy (non-hydrogen) atoms. The van der Waals surface area contributed by atoms with Crippen LogP contribution >= 0.6 is 11.6 Å². The molecule has 0 aliphatic heterocycles. The van der Waals surface area contributed by atoms with Gasteiger partial charge < -0.3 is 15.2 Å². The Morgan fingerprint density at radius 3 is 2.39 bits per heavy atom. The third-order valence-electron chi connectivity index (χ3n) is 4.60. The van der Waals surface area contributed by atoms with Gasteiger partial charge in [0.15, 0.2) is 0 Å². The number of anilines is 2. The first-order valence-electron chi connectivity index (χ1n) is 9.80. The summed E-state index contributed by atoms with van der Waals surface area (Å²) in [6, 6.07) is 16.9. The molecule has 0 atom stereocenters. The fourth-order valence-corrected chi connectivity index (χ4v) is 2.99. The number of halogens is 1. The van der Waals surface area contributed by atoms with Crippen LogP contribution < -0.4 is 16.2 Å². The van der Waals surface area contributed by atoms with E-state index in [1.807, 2.05) is 39.0 Å². The van der Waals surface area contributed by atoms with Gasteiger partial charge in [-0.25, -0.2) is 0 Å². The van der Waals surface area contributed by atoms with Crippen molar-refractivity contribution < 1.29 is 9.59 Å². The first kappa shape index (κ1) is 22.3. The lowest BCUT2D eigenvalue weighted by Crippen LogP contribution is -2.27. The van der Waals surface area contributed by atoms with Crippen molar-refractivity contribution in [2.45, 2.75) is 27.3 Å². The molecule has 2 amide bonds. The van der Waals surface area contributed by atoms with E-state index in [0.29, 0.717) is 22.0 Å². The molecule has 6 nitrogen and oxygen atoms in total. The Bertz CT molecular complexity index is 1180. The van der Waals surface area contributed by atoms with E-state index >= 15 is 0 Å². The molecule has 1 heterocycles. The Morgan fingerprint density at radius 2 is 1.68 bits per heavy atom. The Morgan fingerprint density at radius 1 is 0.935 bits per heavy atom. The number of amides is 2. The van der Waals surface area contributed by atoms with Crippen LogP contribution in [0.2, 0.25) is 5.02 Å². The fourth-order valence-electron chi connectivity index (χ4n) is 2.80. The van der Waals surface area contributed by atoms with E-state index in [9.17, 15) is 14.4 Å². The van der Waals surface area contributed by atoms with Gasteiger partial charge in [0.2, 0.25) is 5.91 Å². The van der Waals surface area contributed by atoms with Crippen LogP contribution in [0.5, 0.6) is 0 Å². The third-order valence-corrected chi connectivity index (χ3v) is 4.97. The quantitative estimate of drug-likeness (QED) is 0.602. The zero-order chi connectivity index (χ0) is 22.6. The molecule has 160 valence electrons. The summed E-state index contributed by atoms with van der Waals surface area (Å²) in [4.78, 5) is 37.2. The fraction of sp³-hybridized carbons (Fsp3) is 0.208. The van der Waals surface area contributed by atoms with E-state index in [1.54, 1.807) is 42.6 Å². The molecular weight excluding hydrogens is 414 g/mol. The van der Waals surface area contributed by atoms with Crippen molar-refractivity contribution in [1.82, 2.24) is 4.57 Å². The summed E-state index contributed by atoms with van der Waals surface area (Å²) >= 11 is 6.19. The third kappa shape index (κ3) is 5.83. The molecule has 0 fully saturated rings.